The monoisotopic (exact) mass is 297 g/mol. The van der Waals surface area contributed by atoms with E-state index < -0.39 is 0 Å². The lowest BCUT2D eigenvalue weighted by molar-refractivity contribution is 0.602. The second-order valence-electron chi connectivity index (χ2n) is 4.99. The molecule has 0 radical (unpaired) electrons. The number of rotatable bonds is 3. The van der Waals surface area contributed by atoms with Gasteiger partial charge >= 0.3 is 0 Å². The fraction of sp³-hybridized carbons (Fsp3) is 0.118. The quantitative estimate of drug-likeness (QED) is 0.792. The molecule has 3 nitrogen and oxygen atoms in total. The van der Waals surface area contributed by atoms with E-state index in [1.54, 1.807) is 10.9 Å². The van der Waals surface area contributed by atoms with Gasteiger partial charge < -0.3 is 5.73 Å². The molecular formula is C17H16ClN3. The molecule has 4 heteroatoms. The van der Waals surface area contributed by atoms with Gasteiger partial charge in [-0.1, -0.05) is 66.2 Å². The zero-order valence-electron chi connectivity index (χ0n) is 11.7. The van der Waals surface area contributed by atoms with Crippen LogP contribution in [0.15, 0.2) is 60.8 Å². The number of aryl methyl sites for hydroxylation is 1. The highest BCUT2D eigenvalue weighted by Gasteiger charge is 2.21. The highest BCUT2D eigenvalue weighted by atomic mass is 35.5. The van der Waals surface area contributed by atoms with Crippen LogP contribution in [0.3, 0.4) is 0 Å². The molecule has 106 valence electrons. The SMILES string of the molecule is Cc1ccccc1C(c1ccccc1)n1ncc(Cl)c1N. The van der Waals surface area contributed by atoms with Gasteiger partial charge in [-0.25, -0.2) is 4.68 Å². The lowest BCUT2D eigenvalue weighted by Gasteiger charge is -2.21. The third-order valence-electron chi connectivity index (χ3n) is 3.63. The molecule has 1 aromatic heterocycles. The van der Waals surface area contributed by atoms with E-state index in [1.165, 1.54) is 5.56 Å². The summed E-state index contributed by atoms with van der Waals surface area (Å²) in [5.41, 5.74) is 9.57. The van der Waals surface area contributed by atoms with E-state index in [1.807, 2.05) is 30.3 Å². The topological polar surface area (TPSA) is 43.8 Å². The molecule has 1 heterocycles. The van der Waals surface area contributed by atoms with Crippen LogP contribution >= 0.6 is 11.6 Å². The molecule has 1 atom stereocenters. The molecule has 0 spiro atoms. The van der Waals surface area contributed by atoms with Gasteiger partial charge in [0.15, 0.2) is 0 Å². The average molecular weight is 298 g/mol. The van der Waals surface area contributed by atoms with Crippen molar-refractivity contribution in [2.75, 3.05) is 5.73 Å². The number of nitrogen functional groups attached to an aromatic ring is 1. The van der Waals surface area contributed by atoms with Gasteiger partial charge in [-0.05, 0) is 23.6 Å². The highest BCUT2D eigenvalue weighted by molar-refractivity contribution is 6.32. The molecule has 0 saturated heterocycles. The van der Waals surface area contributed by atoms with Gasteiger partial charge in [0.2, 0.25) is 0 Å². The molecule has 21 heavy (non-hydrogen) atoms. The number of aromatic nitrogens is 2. The standard InChI is InChI=1S/C17H16ClN3/c1-12-7-5-6-10-14(12)16(13-8-3-2-4-9-13)21-17(19)15(18)11-20-21/h2-11,16H,19H2,1H3. The maximum absolute atomic E-state index is 6.10. The maximum atomic E-state index is 6.10. The van der Waals surface area contributed by atoms with Gasteiger partial charge in [0.1, 0.15) is 16.9 Å². The minimum absolute atomic E-state index is 0.0834. The second kappa shape index (κ2) is 5.62. The van der Waals surface area contributed by atoms with Crippen LogP contribution in [-0.4, -0.2) is 9.78 Å². The van der Waals surface area contributed by atoms with Gasteiger partial charge in [-0.15, -0.1) is 0 Å². The van der Waals surface area contributed by atoms with E-state index in [0.717, 1.165) is 11.1 Å². The summed E-state index contributed by atoms with van der Waals surface area (Å²) in [7, 11) is 0. The number of hydrogen-bond donors (Lipinski definition) is 1. The largest absolute Gasteiger partial charge is 0.383 e. The van der Waals surface area contributed by atoms with Crippen LogP contribution in [0.4, 0.5) is 5.82 Å². The number of nitrogens with zero attached hydrogens (tertiary/aromatic N) is 2. The van der Waals surface area contributed by atoms with Crippen molar-refractivity contribution in [2.24, 2.45) is 0 Å². The zero-order chi connectivity index (χ0) is 14.8. The molecule has 2 N–H and O–H groups in total. The summed E-state index contributed by atoms with van der Waals surface area (Å²) in [6, 6.07) is 18.3. The summed E-state index contributed by atoms with van der Waals surface area (Å²) >= 11 is 6.08. The first-order chi connectivity index (χ1) is 10.2. The number of nitrogens with two attached hydrogens (primary N) is 1. The van der Waals surface area contributed by atoms with Crippen molar-refractivity contribution in [3.63, 3.8) is 0 Å². The van der Waals surface area contributed by atoms with E-state index >= 15 is 0 Å². The zero-order valence-corrected chi connectivity index (χ0v) is 12.5. The van der Waals surface area contributed by atoms with E-state index in [4.69, 9.17) is 17.3 Å². The van der Waals surface area contributed by atoms with Crippen molar-refractivity contribution in [1.82, 2.24) is 9.78 Å². The lowest BCUT2D eigenvalue weighted by Crippen LogP contribution is -2.17. The Kier molecular flexibility index (Phi) is 3.67. The summed E-state index contributed by atoms with van der Waals surface area (Å²) in [4.78, 5) is 0. The van der Waals surface area contributed by atoms with Crippen LogP contribution in [0.1, 0.15) is 22.7 Å². The van der Waals surface area contributed by atoms with Gasteiger partial charge in [0.25, 0.3) is 0 Å². The first-order valence-electron chi connectivity index (χ1n) is 6.77. The molecular weight excluding hydrogens is 282 g/mol. The third-order valence-corrected chi connectivity index (χ3v) is 3.92. The minimum atomic E-state index is -0.0834. The Balaban J connectivity index is 2.21. The molecule has 0 saturated carbocycles. The third kappa shape index (κ3) is 2.52. The summed E-state index contributed by atoms with van der Waals surface area (Å²) in [5.74, 6) is 0.480. The summed E-state index contributed by atoms with van der Waals surface area (Å²) in [6.07, 6.45) is 1.59. The number of benzene rings is 2. The van der Waals surface area contributed by atoms with E-state index in [2.05, 4.69) is 36.3 Å². The van der Waals surface area contributed by atoms with E-state index in [-0.39, 0.29) is 6.04 Å². The predicted molar refractivity (Wildman–Crippen MR) is 86.5 cm³/mol. The van der Waals surface area contributed by atoms with Crippen LogP contribution in [-0.2, 0) is 0 Å². The highest BCUT2D eigenvalue weighted by Crippen LogP contribution is 2.32. The fourth-order valence-corrected chi connectivity index (χ4v) is 2.67. The summed E-state index contributed by atoms with van der Waals surface area (Å²) in [6.45, 7) is 2.09. The Bertz CT molecular complexity index is 750. The van der Waals surface area contributed by atoms with Crippen LogP contribution in [0.25, 0.3) is 0 Å². The Labute approximate surface area is 129 Å². The Hall–Kier alpha value is -2.26. The molecule has 0 bridgehead atoms. The molecule has 2 aromatic carbocycles. The smallest absolute Gasteiger partial charge is 0.141 e. The summed E-state index contributed by atoms with van der Waals surface area (Å²) in [5, 5.41) is 4.85. The first kappa shape index (κ1) is 13.7. The van der Waals surface area contributed by atoms with Gasteiger partial charge in [-0.2, -0.15) is 5.10 Å². The van der Waals surface area contributed by atoms with E-state index in [0.29, 0.717) is 10.8 Å². The van der Waals surface area contributed by atoms with Crippen LogP contribution in [0, 0.1) is 6.92 Å². The van der Waals surface area contributed by atoms with Crippen molar-refractivity contribution in [1.29, 1.82) is 0 Å². The first-order valence-corrected chi connectivity index (χ1v) is 7.15. The number of anilines is 1. The Morgan fingerprint density at radius 3 is 2.33 bits per heavy atom. The molecule has 0 aliphatic rings. The van der Waals surface area contributed by atoms with Crippen molar-refractivity contribution in [2.45, 2.75) is 13.0 Å². The van der Waals surface area contributed by atoms with Crippen LogP contribution in [0.2, 0.25) is 5.02 Å². The number of hydrogen-bond acceptors (Lipinski definition) is 2. The van der Waals surface area contributed by atoms with Crippen molar-refractivity contribution in [3.05, 3.63) is 82.5 Å². The average Bonchev–Trinajstić information content (AvgIpc) is 2.83. The summed E-state index contributed by atoms with van der Waals surface area (Å²) < 4.78 is 1.78. The predicted octanol–water partition coefficient (Wildman–Crippen LogP) is 4.06. The Morgan fingerprint density at radius 2 is 1.71 bits per heavy atom. The normalized spacial score (nSPS) is 12.3. The molecule has 1 unspecified atom stereocenters. The molecule has 0 fully saturated rings. The van der Waals surface area contributed by atoms with Crippen molar-refractivity contribution in [3.8, 4) is 0 Å². The van der Waals surface area contributed by atoms with Gasteiger partial charge in [0, 0.05) is 0 Å². The van der Waals surface area contributed by atoms with Crippen molar-refractivity contribution >= 4 is 17.4 Å². The van der Waals surface area contributed by atoms with E-state index in [9.17, 15) is 0 Å². The molecule has 3 aromatic rings. The lowest BCUT2D eigenvalue weighted by atomic mass is 9.95. The van der Waals surface area contributed by atoms with Crippen LogP contribution < -0.4 is 5.73 Å². The second-order valence-corrected chi connectivity index (χ2v) is 5.40. The molecule has 0 amide bonds. The maximum Gasteiger partial charge on any atom is 0.141 e. The fourth-order valence-electron chi connectivity index (χ4n) is 2.54. The van der Waals surface area contributed by atoms with Gasteiger partial charge in [0.05, 0.1) is 6.20 Å². The van der Waals surface area contributed by atoms with Gasteiger partial charge in [-0.3, -0.25) is 0 Å². The molecule has 0 aliphatic carbocycles. The number of halogens is 1. The Morgan fingerprint density at radius 1 is 1.05 bits per heavy atom. The molecule has 0 aliphatic heterocycles. The van der Waals surface area contributed by atoms with Crippen LogP contribution in [0.5, 0.6) is 0 Å². The molecule has 3 rings (SSSR count). The van der Waals surface area contributed by atoms with Crippen molar-refractivity contribution < 1.29 is 0 Å². The minimum Gasteiger partial charge on any atom is -0.383 e.